The molecule has 4 nitrogen and oxygen atoms in total. The van der Waals surface area contributed by atoms with Crippen LogP contribution in [0.4, 0.5) is 0 Å². The molecule has 10 bridgehead atoms. The smallest absolute Gasteiger partial charge is 0.115 e. The van der Waals surface area contributed by atoms with Crippen molar-refractivity contribution in [1.82, 2.24) is 0 Å². The standard InChI is InChI=1S/C98H32N2O2/c1-5-16-31(17-6-1)91(32-18-7-2-8-19-32)99-93-27-101-25-29-14-13-15-30(24-29)26-102-28-94(100-92(33-20-9-3-10-21-33)34-22-11-4-12-23-34)96-84-68-57-46-39-38-42-35-36-41-37-40(35)51-60-49(42)56-45(38)47-48(46)59-55-58(47)69-67(56)83-71(60)73-62(51)53-44(37)54-63-52(41)61(50(57)43(36)39)72(84)74(63)86-76-65(54)64(53)75-79-80(76)90(98(86,94)96)82-78(88(96)70(59)68)66(55)77-81(82)89(79)97(93,85(73)75)95(83,93)87(69)77/h1-24H,25-28H2. The van der Waals surface area contributed by atoms with Crippen molar-refractivity contribution in [2.75, 3.05) is 13.2 Å². The molecule has 2 fully saturated rings. The number of rotatable bonds is 6. The van der Waals surface area contributed by atoms with E-state index in [4.69, 9.17) is 19.5 Å². The predicted octanol–water partition coefficient (Wildman–Crippen LogP) is 22.2. The number of hydrogen-bond donors (Lipinski definition) is 0. The third-order valence-corrected chi connectivity index (χ3v) is 33.4. The molecule has 41 rings (SSSR count). The van der Waals surface area contributed by atoms with Crippen LogP contribution in [0.15, 0.2) is 156 Å². The van der Waals surface area contributed by atoms with Gasteiger partial charge in [-0.3, -0.25) is 9.98 Å². The molecule has 4 spiro atoms. The Morgan fingerprint density at radius 1 is 0.206 bits per heavy atom. The van der Waals surface area contributed by atoms with Crippen molar-refractivity contribution in [2.24, 2.45) is 9.98 Å². The normalized spacial score (nSPS) is 26.0. The van der Waals surface area contributed by atoms with Crippen LogP contribution in [0.1, 0.15) is 77.9 Å². The summed E-state index contributed by atoms with van der Waals surface area (Å²) in [5, 5.41) is 76.1. The molecule has 2 saturated carbocycles. The van der Waals surface area contributed by atoms with Crippen LogP contribution in [-0.4, -0.2) is 35.7 Å². The van der Waals surface area contributed by atoms with Gasteiger partial charge in [-0.05, 0) is 314 Å². The lowest BCUT2D eigenvalue weighted by Crippen LogP contribution is -2.30. The zero-order valence-electron chi connectivity index (χ0n) is 53.4. The molecule has 0 aromatic heterocycles. The minimum Gasteiger partial charge on any atom is -0.374 e. The second-order valence-electron chi connectivity index (χ2n) is 34.9. The largest absolute Gasteiger partial charge is 0.374 e. The molecule has 10 aliphatic carbocycles. The van der Waals surface area contributed by atoms with Crippen molar-refractivity contribution in [3.8, 4) is 0 Å². The zero-order chi connectivity index (χ0) is 62.6. The third kappa shape index (κ3) is 2.80. The van der Waals surface area contributed by atoms with Gasteiger partial charge in [0, 0.05) is 22.3 Å². The molecule has 2 aliphatic heterocycles. The second kappa shape index (κ2) is 11.2. The fraction of sp³-hybridized carbons (Fsp3) is 0.102. The van der Waals surface area contributed by atoms with E-state index in [-0.39, 0.29) is 0 Å². The van der Waals surface area contributed by atoms with E-state index >= 15 is 0 Å². The number of fused-ring (bicyclic) bond motifs is 4. The molecule has 0 amide bonds. The number of nitrogens with zero attached hydrogens (tertiary/aromatic N) is 2. The first-order chi connectivity index (χ1) is 50.8. The topological polar surface area (TPSA) is 43.2 Å². The maximum atomic E-state index is 8.11. The monoisotopic (exact) mass is 1270 g/mol. The van der Waals surface area contributed by atoms with Gasteiger partial charge in [-0.1, -0.05) is 146 Å². The maximum absolute atomic E-state index is 8.11. The number of ether oxygens (including phenoxy) is 2. The van der Waals surface area contributed by atoms with E-state index in [9.17, 15) is 0 Å². The van der Waals surface area contributed by atoms with Crippen molar-refractivity contribution < 1.29 is 9.47 Å². The summed E-state index contributed by atoms with van der Waals surface area (Å²) in [4.78, 5) is 14.4. The summed E-state index contributed by atoms with van der Waals surface area (Å²) < 4.78 is 16.2. The molecule has 0 radical (unpaired) electrons. The maximum Gasteiger partial charge on any atom is 0.115 e. The quantitative estimate of drug-likeness (QED) is 0.123. The summed E-state index contributed by atoms with van der Waals surface area (Å²) in [7, 11) is 0. The van der Waals surface area contributed by atoms with Gasteiger partial charge < -0.3 is 9.47 Å². The van der Waals surface area contributed by atoms with Gasteiger partial charge in [-0.15, -0.1) is 0 Å². The van der Waals surface area contributed by atoms with Crippen molar-refractivity contribution >= 4 is 270 Å². The molecule has 0 saturated heterocycles. The highest BCUT2D eigenvalue weighted by atomic mass is 16.5. The van der Waals surface area contributed by atoms with Gasteiger partial charge in [-0.2, -0.15) is 0 Å². The molecule has 102 heavy (non-hydrogen) atoms. The summed E-state index contributed by atoms with van der Waals surface area (Å²) >= 11 is 0. The zero-order valence-corrected chi connectivity index (χ0v) is 53.4. The Labute approximate surface area is 568 Å². The lowest BCUT2D eigenvalue weighted by atomic mass is 9.66. The minimum atomic E-state index is -0.870. The highest BCUT2D eigenvalue weighted by Gasteiger charge is 2.99. The fourth-order valence-corrected chi connectivity index (χ4v) is 32.5. The van der Waals surface area contributed by atoms with E-state index in [1.54, 1.807) is 303 Å². The lowest BCUT2D eigenvalue weighted by molar-refractivity contribution is 0.0920. The molecule has 6 unspecified atom stereocenters. The summed E-state index contributed by atoms with van der Waals surface area (Å²) in [6.45, 7) is 1.82. The van der Waals surface area contributed by atoms with Crippen molar-refractivity contribution in [3.63, 3.8) is 0 Å². The molecule has 446 valence electrons. The Hall–Kier alpha value is -11.9. The van der Waals surface area contributed by atoms with Crippen molar-refractivity contribution in [3.05, 3.63) is 223 Å². The first-order valence-electron chi connectivity index (χ1n) is 37.4. The SMILES string of the molecule is c1ccc(C(=NC23COCc4cccc(c4)COCC4(N=C(c5ccccc5)c5ccccc5)C56c7c8c9c%10c%11c7c7c5c5c%12c%13c%14c%15c(c8c8c9c9c%16c%17c%18c%19c%20c(c%11c%11c7c7c5c5c%12c%12c%14c%14c%21c%15c8c%16c%21c8c%17c%15c%19c%16c%20c%11c7c7c%16c%11c%15c8c%14c%12c%11c57)C%102C9%183)C%1346)c2ccccc2)cc1. The van der Waals surface area contributed by atoms with E-state index in [1.165, 1.54) is 11.1 Å². The van der Waals surface area contributed by atoms with Gasteiger partial charge in [0.25, 0.3) is 0 Å². The van der Waals surface area contributed by atoms with Gasteiger partial charge in [0.1, 0.15) is 11.1 Å². The Morgan fingerprint density at radius 2 is 0.382 bits per heavy atom. The third-order valence-electron chi connectivity index (χ3n) is 33.4. The Bertz CT molecular complexity index is 8930. The Balaban J connectivity index is 0.900. The van der Waals surface area contributed by atoms with Gasteiger partial charge >= 0.3 is 0 Å². The van der Waals surface area contributed by atoms with Gasteiger partial charge in [0.15, 0.2) is 0 Å². The molecular weight excluding hydrogens is 1240 g/mol. The fourth-order valence-electron chi connectivity index (χ4n) is 32.5. The summed E-state index contributed by atoms with van der Waals surface area (Å²) in [5.74, 6) is 0. The number of aliphatic imine (C=N–C) groups is 2. The van der Waals surface area contributed by atoms with E-state index in [1.807, 2.05) is 0 Å². The average molecular weight is 1270 g/mol. The highest BCUT2D eigenvalue weighted by Crippen LogP contribution is 2.99. The minimum absolute atomic E-state index is 0.450. The van der Waals surface area contributed by atoms with Crippen molar-refractivity contribution in [2.45, 2.75) is 46.0 Å². The number of hydrogen-bond acceptors (Lipinski definition) is 4. The van der Waals surface area contributed by atoms with Crippen LogP contribution in [0.3, 0.4) is 0 Å². The second-order valence-corrected chi connectivity index (χ2v) is 34.9. The van der Waals surface area contributed by atoms with Crippen LogP contribution >= 0.6 is 0 Å². The van der Waals surface area contributed by atoms with E-state index in [0.717, 1.165) is 33.7 Å². The van der Waals surface area contributed by atoms with E-state index in [0.29, 0.717) is 26.4 Å². The molecule has 2 heterocycles. The van der Waals surface area contributed by atoms with Gasteiger partial charge in [-0.25, -0.2) is 0 Å². The van der Waals surface area contributed by atoms with Gasteiger partial charge in [0.05, 0.1) is 59.5 Å². The van der Waals surface area contributed by atoms with Crippen LogP contribution in [0.2, 0.25) is 0 Å². The number of benzene rings is 21. The molecule has 29 aromatic carbocycles. The lowest BCUT2D eigenvalue weighted by Gasteiger charge is -2.33. The van der Waals surface area contributed by atoms with Crippen LogP contribution in [0, 0.1) is 0 Å². The first kappa shape index (κ1) is 43.6. The molecule has 0 N–H and O–H groups in total. The average Bonchev–Trinajstić information content (AvgIpc) is 1.34. The Kier molecular flexibility index (Phi) is 4.80. The van der Waals surface area contributed by atoms with Crippen LogP contribution < -0.4 is 0 Å². The van der Waals surface area contributed by atoms with E-state index < -0.39 is 32.7 Å². The van der Waals surface area contributed by atoms with Crippen molar-refractivity contribution in [1.29, 1.82) is 0 Å². The molecule has 6 atom stereocenters. The van der Waals surface area contributed by atoms with Crippen LogP contribution in [-0.2, 0) is 44.3 Å². The first-order valence-corrected chi connectivity index (χ1v) is 37.4. The highest BCUT2D eigenvalue weighted by molar-refractivity contribution is 6.79. The van der Waals surface area contributed by atoms with E-state index in [2.05, 4.69) is 146 Å². The molecule has 29 aromatic rings. The van der Waals surface area contributed by atoms with Crippen LogP contribution in [0.25, 0.3) is 259 Å². The predicted molar refractivity (Wildman–Crippen MR) is 415 cm³/mol. The molecule has 4 heteroatoms. The molecule has 12 aliphatic rings. The van der Waals surface area contributed by atoms with Crippen LogP contribution in [0.5, 0.6) is 0 Å². The summed E-state index contributed by atoms with van der Waals surface area (Å²) in [5.41, 5.74) is 17.7. The Morgan fingerprint density at radius 3 is 0.588 bits per heavy atom. The summed E-state index contributed by atoms with van der Waals surface area (Å²) in [6.07, 6.45) is 0. The molecular formula is C98H32N2O2. The van der Waals surface area contributed by atoms with Gasteiger partial charge in [0.2, 0.25) is 0 Å². The summed E-state index contributed by atoms with van der Waals surface area (Å²) in [6, 6.07) is 55.0.